The second-order valence-corrected chi connectivity index (χ2v) is 5.16. The summed E-state index contributed by atoms with van der Waals surface area (Å²) in [6.45, 7) is 5.93. The fourth-order valence-electron chi connectivity index (χ4n) is 2.24. The van der Waals surface area contributed by atoms with E-state index >= 15 is 0 Å². The first-order chi connectivity index (χ1) is 7.26. The van der Waals surface area contributed by atoms with Crippen LogP contribution < -0.4 is 5.32 Å². The summed E-state index contributed by atoms with van der Waals surface area (Å²) < 4.78 is 0. The highest BCUT2D eigenvalue weighted by molar-refractivity contribution is 4.78. The summed E-state index contributed by atoms with van der Waals surface area (Å²) in [5, 5.41) is 12.6. The molecule has 90 valence electrons. The zero-order chi connectivity index (χ0) is 11.1. The van der Waals surface area contributed by atoms with Crippen LogP contribution in [0.5, 0.6) is 0 Å². The molecule has 1 aliphatic rings. The molecule has 0 heterocycles. The van der Waals surface area contributed by atoms with Crippen LogP contribution in [-0.2, 0) is 0 Å². The SMILES string of the molecule is CCCC(CCO)CNC(C)CC1CC1. The summed E-state index contributed by atoms with van der Waals surface area (Å²) in [6.07, 6.45) is 7.66. The molecule has 0 saturated heterocycles. The summed E-state index contributed by atoms with van der Waals surface area (Å²) in [6, 6.07) is 0.663. The van der Waals surface area contributed by atoms with Crippen molar-refractivity contribution >= 4 is 0 Å². The van der Waals surface area contributed by atoms with E-state index in [2.05, 4.69) is 19.2 Å². The van der Waals surface area contributed by atoms with E-state index in [9.17, 15) is 0 Å². The van der Waals surface area contributed by atoms with Crippen molar-refractivity contribution in [3.05, 3.63) is 0 Å². The minimum Gasteiger partial charge on any atom is -0.396 e. The third kappa shape index (κ3) is 6.16. The Kier molecular flexibility index (Phi) is 6.26. The van der Waals surface area contributed by atoms with Gasteiger partial charge in [0.25, 0.3) is 0 Å². The predicted octanol–water partition coefficient (Wildman–Crippen LogP) is 2.56. The third-order valence-corrected chi connectivity index (χ3v) is 3.37. The maximum atomic E-state index is 8.96. The molecule has 2 unspecified atom stereocenters. The van der Waals surface area contributed by atoms with Crippen molar-refractivity contribution in [3.8, 4) is 0 Å². The van der Waals surface area contributed by atoms with Crippen molar-refractivity contribution in [2.24, 2.45) is 11.8 Å². The van der Waals surface area contributed by atoms with E-state index in [1.165, 1.54) is 32.1 Å². The van der Waals surface area contributed by atoms with Crippen molar-refractivity contribution in [2.45, 2.75) is 58.4 Å². The number of hydrogen-bond acceptors (Lipinski definition) is 2. The fraction of sp³-hybridized carbons (Fsp3) is 1.00. The van der Waals surface area contributed by atoms with Crippen molar-refractivity contribution < 1.29 is 5.11 Å². The van der Waals surface area contributed by atoms with E-state index in [1.807, 2.05) is 0 Å². The minimum absolute atomic E-state index is 0.337. The number of hydrogen-bond donors (Lipinski definition) is 2. The Morgan fingerprint density at radius 3 is 2.60 bits per heavy atom. The molecule has 0 bridgehead atoms. The Bertz CT molecular complexity index is 151. The standard InChI is InChI=1S/C13H27NO/c1-3-4-13(7-8-15)10-14-11(2)9-12-5-6-12/h11-15H,3-10H2,1-2H3. The lowest BCUT2D eigenvalue weighted by atomic mass is 9.99. The Morgan fingerprint density at radius 1 is 1.33 bits per heavy atom. The lowest BCUT2D eigenvalue weighted by Crippen LogP contribution is -2.32. The first-order valence-corrected chi connectivity index (χ1v) is 6.60. The smallest absolute Gasteiger partial charge is 0.0434 e. The lowest BCUT2D eigenvalue weighted by molar-refractivity contribution is 0.244. The first kappa shape index (κ1) is 13.0. The Morgan fingerprint density at radius 2 is 2.07 bits per heavy atom. The van der Waals surface area contributed by atoms with Crippen molar-refractivity contribution in [1.29, 1.82) is 0 Å². The van der Waals surface area contributed by atoms with Crippen LogP contribution in [0.25, 0.3) is 0 Å². The molecule has 1 fully saturated rings. The molecule has 1 rings (SSSR count). The highest BCUT2D eigenvalue weighted by atomic mass is 16.3. The molecular weight excluding hydrogens is 186 g/mol. The van der Waals surface area contributed by atoms with E-state index in [1.54, 1.807) is 0 Å². The van der Waals surface area contributed by atoms with Gasteiger partial charge in [-0.05, 0) is 44.6 Å². The van der Waals surface area contributed by atoms with Gasteiger partial charge >= 0.3 is 0 Å². The largest absolute Gasteiger partial charge is 0.396 e. The van der Waals surface area contributed by atoms with Gasteiger partial charge in [0.2, 0.25) is 0 Å². The van der Waals surface area contributed by atoms with Gasteiger partial charge in [-0.15, -0.1) is 0 Å². The second-order valence-electron chi connectivity index (χ2n) is 5.16. The second kappa shape index (κ2) is 7.24. The van der Waals surface area contributed by atoms with Crippen molar-refractivity contribution in [2.75, 3.05) is 13.2 Å². The number of aliphatic hydroxyl groups is 1. The summed E-state index contributed by atoms with van der Waals surface area (Å²) in [7, 11) is 0. The van der Waals surface area contributed by atoms with Gasteiger partial charge in [-0.1, -0.05) is 26.2 Å². The number of aliphatic hydroxyl groups excluding tert-OH is 1. The summed E-state index contributed by atoms with van der Waals surface area (Å²) in [4.78, 5) is 0. The molecule has 2 nitrogen and oxygen atoms in total. The van der Waals surface area contributed by atoms with Crippen molar-refractivity contribution in [1.82, 2.24) is 5.32 Å². The van der Waals surface area contributed by atoms with Gasteiger partial charge in [-0.25, -0.2) is 0 Å². The monoisotopic (exact) mass is 213 g/mol. The molecule has 0 radical (unpaired) electrons. The molecule has 1 saturated carbocycles. The Labute approximate surface area is 94.5 Å². The number of rotatable bonds is 9. The van der Waals surface area contributed by atoms with Crippen molar-refractivity contribution in [3.63, 3.8) is 0 Å². The lowest BCUT2D eigenvalue weighted by Gasteiger charge is -2.19. The van der Waals surface area contributed by atoms with Crippen LogP contribution in [-0.4, -0.2) is 24.3 Å². The van der Waals surface area contributed by atoms with Crippen LogP contribution in [0.2, 0.25) is 0 Å². The molecule has 2 heteroatoms. The molecular formula is C13H27NO. The van der Waals surface area contributed by atoms with E-state index in [-0.39, 0.29) is 0 Å². The average molecular weight is 213 g/mol. The summed E-state index contributed by atoms with van der Waals surface area (Å²) in [5.41, 5.74) is 0. The van der Waals surface area contributed by atoms with E-state index in [0.717, 1.165) is 18.9 Å². The van der Waals surface area contributed by atoms with Crippen LogP contribution >= 0.6 is 0 Å². The Hall–Kier alpha value is -0.0800. The maximum Gasteiger partial charge on any atom is 0.0434 e. The van der Waals surface area contributed by atoms with Gasteiger partial charge in [-0.2, -0.15) is 0 Å². The third-order valence-electron chi connectivity index (χ3n) is 3.37. The molecule has 0 aliphatic heterocycles. The van der Waals surface area contributed by atoms with Crippen LogP contribution in [0.1, 0.15) is 52.4 Å². The van der Waals surface area contributed by atoms with Gasteiger partial charge in [-0.3, -0.25) is 0 Å². The van der Waals surface area contributed by atoms with Gasteiger partial charge < -0.3 is 10.4 Å². The van der Waals surface area contributed by atoms with Crippen LogP contribution in [0.4, 0.5) is 0 Å². The summed E-state index contributed by atoms with van der Waals surface area (Å²) >= 11 is 0. The molecule has 15 heavy (non-hydrogen) atoms. The van der Waals surface area contributed by atoms with Gasteiger partial charge in [0.15, 0.2) is 0 Å². The molecule has 0 aromatic rings. The number of nitrogens with one attached hydrogen (secondary N) is 1. The normalized spacial score (nSPS) is 20.2. The average Bonchev–Trinajstić information content (AvgIpc) is 2.99. The molecule has 0 aromatic heterocycles. The maximum absolute atomic E-state index is 8.96. The molecule has 0 spiro atoms. The highest BCUT2D eigenvalue weighted by Gasteiger charge is 2.23. The van der Waals surface area contributed by atoms with E-state index < -0.39 is 0 Å². The van der Waals surface area contributed by atoms with Gasteiger partial charge in [0.1, 0.15) is 0 Å². The Balaban J connectivity index is 2.07. The zero-order valence-electron chi connectivity index (χ0n) is 10.3. The van der Waals surface area contributed by atoms with Crippen LogP contribution in [0, 0.1) is 11.8 Å². The van der Waals surface area contributed by atoms with Gasteiger partial charge in [0.05, 0.1) is 0 Å². The van der Waals surface area contributed by atoms with Crippen LogP contribution in [0.3, 0.4) is 0 Å². The quantitative estimate of drug-likeness (QED) is 0.617. The molecule has 0 aromatic carbocycles. The topological polar surface area (TPSA) is 32.3 Å². The minimum atomic E-state index is 0.337. The molecule has 0 amide bonds. The highest BCUT2D eigenvalue weighted by Crippen LogP contribution is 2.33. The van der Waals surface area contributed by atoms with E-state index in [4.69, 9.17) is 5.11 Å². The summed E-state index contributed by atoms with van der Waals surface area (Å²) in [5.74, 6) is 1.68. The predicted molar refractivity (Wildman–Crippen MR) is 64.9 cm³/mol. The zero-order valence-corrected chi connectivity index (χ0v) is 10.3. The van der Waals surface area contributed by atoms with Crippen LogP contribution in [0.15, 0.2) is 0 Å². The first-order valence-electron chi connectivity index (χ1n) is 6.60. The molecule has 2 atom stereocenters. The molecule has 1 aliphatic carbocycles. The molecule has 2 N–H and O–H groups in total. The van der Waals surface area contributed by atoms with E-state index in [0.29, 0.717) is 18.6 Å². The fourth-order valence-corrected chi connectivity index (χ4v) is 2.24. The van der Waals surface area contributed by atoms with Gasteiger partial charge in [0, 0.05) is 12.6 Å².